The van der Waals surface area contributed by atoms with E-state index in [0.717, 1.165) is 83.0 Å². The van der Waals surface area contributed by atoms with Crippen LogP contribution >= 0.6 is 0 Å². The molecule has 0 unspecified atom stereocenters. The second kappa shape index (κ2) is 34.0. The van der Waals surface area contributed by atoms with Crippen molar-refractivity contribution in [3.63, 3.8) is 0 Å². The van der Waals surface area contributed by atoms with Crippen LogP contribution in [-0.2, 0) is 9.59 Å². The van der Waals surface area contributed by atoms with Gasteiger partial charge >= 0.3 is 0 Å². The second-order valence-corrected chi connectivity index (χ2v) is 7.37. The van der Waals surface area contributed by atoms with Crippen LogP contribution in [0.25, 0.3) is 0 Å². The van der Waals surface area contributed by atoms with Crippen molar-refractivity contribution in [3.8, 4) is 0 Å². The van der Waals surface area contributed by atoms with Crippen molar-refractivity contribution in [2.24, 2.45) is 0 Å². The summed E-state index contributed by atoms with van der Waals surface area (Å²) in [6.07, 6.45) is 11.7. The fourth-order valence-corrected chi connectivity index (χ4v) is 2.70. The highest BCUT2D eigenvalue weighted by molar-refractivity contribution is 5.75. The molecule has 0 aromatic rings. The molecule has 0 saturated heterocycles. The Kier molecular flexibility index (Phi) is 40.1. The van der Waals surface area contributed by atoms with Crippen LogP contribution < -0.4 is 10.6 Å². The van der Waals surface area contributed by atoms with Gasteiger partial charge in [0.15, 0.2) is 0 Å². The zero-order chi connectivity index (χ0) is 25.6. The highest BCUT2D eigenvalue weighted by Crippen LogP contribution is 2.07. The Balaban J connectivity index is -0.000000597. The van der Waals surface area contributed by atoms with Gasteiger partial charge in [-0.15, -0.1) is 6.58 Å². The fourth-order valence-electron chi connectivity index (χ4n) is 2.70. The lowest BCUT2D eigenvalue weighted by Gasteiger charge is -2.09. The third kappa shape index (κ3) is 39.0. The van der Waals surface area contributed by atoms with Crippen LogP contribution in [0, 0.1) is 0 Å². The highest BCUT2D eigenvalue weighted by atomic mass is 16.1. The number of carbonyl (C=O) groups excluding carboxylic acids is 2. The van der Waals surface area contributed by atoms with E-state index in [9.17, 15) is 9.59 Å². The molecular formula is C28H58N2O2. The average molecular weight is 455 g/mol. The molecule has 0 aliphatic heterocycles. The van der Waals surface area contributed by atoms with Crippen LogP contribution in [0.4, 0.5) is 0 Å². The highest BCUT2D eigenvalue weighted by Gasteiger charge is 2.01. The normalized spacial score (nSPS) is 9.00. The zero-order valence-corrected chi connectivity index (χ0v) is 23.1. The van der Waals surface area contributed by atoms with Gasteiger partial charge in [0.1, 0.15) is 5.78 Å². The second-order valence-electron chi connectivity index (χ2n) is 7.37. The number of ketones is 1. The Hall–Kier alpha value is -1.58. The summed E-state index contributed by atoms with van der Waals surface area (Å²) < 4.78 is 0. The molecule has 0 atom stereocenters. The molecular weight excluding hydrogens is 396 g/mol. The summed E-state index contributed by atoms with van der Waals surface area (Å²) in [7, 11) is 0. The van der Waals surface area contributed by atoms with E-state index in [1.54, 1.807) is 6.92 Å². The molecule has 0 aromatic carbocycles. The third-order valence-electron chi connectivity index (χ3n) is 4.32. The first-order chi connectivity index (χ1) is 15.4. The van der Waals surface area contributed by atoms with E-state index in [4.69, 9.17) is 0 Å². The number of nitrogens with one attached hydrogen (secondary N) is 2. The van der Waals surface area contributed by atoms with Crippen molar-refractivity contribution in [3.05, 3.63) is 24.4 Å². The number of amides is 1. The first-order valence-electron chi connectivity index (χ1n) is 13.2. The maximum Gasteiger partial charge on any atom is 0.219 e. The van der Waals surface area contributed by atoms with Crippen LogP contribution in [0.5, 0.6) is 0 Å². The van der Waals surface area contributed by atoms with Gasteiger partial charge in [-0.05, 0) is 65.2 Å². The Bertz CT molecular complexity index is 391. The van der Waals surface area contributed by atoms with Gasteiger partial charge in [0, 0.05) is 31.6 Å². The SMILES string of the molecule is C=C(C)CCCCCNC(=O)CCCCC(=C)NCCCCCC(C)=O.CC.CC.CC. The van der Waals surface area contributed by atoms with E-state index in [1.807, 2.05) is 41.5 Å². The van der Waals surface area contributed by atoms with Gasteiger partial charge in [-0.25, -0.2) is 0 Å². The summed E-state index contributed by atoms with van der Waals surface area (Å²) in [5.41, 5.74) is 2.28. The van der Waals surface area contributed by atoms with Gasteiger partial charge in [0.25, 0.3) is 0 Å². The Morgan fingerprint density at radius 1 is 0.562 bits per heavy atom. The Morgan fingerprint density at radius 2 is 1.00 bits per heavy atom. The number of allylic oxidation sites excluding steroid dienone is 2. The molecule has 0 fully saturated rings. The molecule has 0 bridgehead atoms. The molecule has 0 radical (unpaired) electrons. The fraction of sp³-hybridized carbons (Fsp3) is 0.786. The lowest BCUT2D eigenvalue weighted by Crippen LogP contribution is -2.24. The number of rotatable bonds is 18. The number of unbranched alkanes of at least 4 members (excludes halogenated alkanes) is 5. The molecule has 4 heteroatoms. The Morgan fingerprint density at radius 3 is 1.50 bits per heavy atom. The van der Waals surface area contributed by atoms with Crippen molar-refractivity contribution in [2.45, 2.75) is 132 Å². The maximum atomic E-state index is 11.8. The Labute approximate surface area is 202 Å². The average Bonchev–Trinajstić information content (AvgIpc) is 2.79. The van der Waals surface area contributed by atoms with Gasteiger partial charge in [-0.3, -0.25) is 4.79 Å². The molecule has 2 N–H and O–H groups in total. The third-order valence-corrected chi connectivity index (χ3v) is 4.32. The van der Waals surface area contributed by atoms with E-state index >= 15 is 0 Å². The van der Waals surface area contributed by atoms with Crippen molar-refractivity contribution in [1.29, 1.82) is 0 Å². The van der Waals surface area contributed by atoms with Crippen LogP contribution in [0.2, 0.25) is 0 Å². The molecule has 192 valence electrons. The monoisotopic (exact) mass is 454 g/mol. The molecule has 0 aliphatic rings. The van der Waals surface area contributed by atoms with Crippen LogP contribution in [0.3, 0.4) is 0 Å². The first kappa shape index (κ1) is 37.7. The van der Waals surface area contributed by atoms with Gasteiger partial charge in [-0.1, -0.05) is 66.5 Å². The number of carbonyl (C=O) groups is 2. The standard InChI is InChI=1S/C22H40N2O2.3C2H6/c1-19(2)13-7-5-12-18-24-22(26)16-10-9-14-20(3)23-17-11-6-8-15-21(4)25;3*1-2/h23H,1,3,5-18H2,2,4H3,(H,24,26);3*1-2H3. The minimum absolute atomic E-state index is 0.161. The molecule has 0 rings (SSSR count). The van der Waals surface area contributed by atoms with Crippen molar-refractivity contribution >= 4 is 11.7 Å². The smallest absolute Gasteiger partial charge is 0.219 e. The molecule has 4 nitrogen and oxygen atoms in total. The minimum atomic E-state index is 0.161. The maximum absolute atomic E-state index is 11.8. The van der Waals surface area contributed by atoms with E-state index in [0.29, 0.717) is 12.8 Å². The molecule has 0 spiro atoms. The van der Waals surface area contributed by atoms with E-state index in [-0.39, 0.29) is 11.7 Å². The summed E-state index contributed by atoms with van der Waals surface area (Å²) in [5, 5.41) is 6.33. The predicted octanol–water partition coefficient (Wildman–Crippen LogP) is 8.13. The largest absolute Gasteiger partial charge is 0.389 e. The molecule has 0 aliphatic carbocycles. The molecule has 0 saturated carbocycles. The van der Waals surface area contributed by atoms with Crippen molar-refractivity contribution in [1.82, 2.24) is 10.6 Å². The quantitative estimate of drug-likeness (QED) is 0.162. The van der Waals surface area contributed by atoms with Gasteiger partial charge in [0.2, 0.25) is 5.91 Å². The summed E-state index contributed by atoms with van der Waals surface area (Å²) >= 11 is 0. The number of hydrogen-bond acceptors (Lipinski definition) is 3. The molecule has 1 amide bonds. The van der Waals surface area contributed by atoms with E-state index in [2.05, 4.69) is 30.7 Å². The van der Waals surface area contributed by atoms with Crippen molar-refractivity contribution in [2.75, 3.05) is 13.1 Å². The summed E-state index contributed by atoms with van der Waals surface area (Å²) in [5.74, 6) is 0.433. The first-order valence-corrected chi connectivity index (χ1v) is 13.2. The van der Waals surface area contributed by atoms with Crippen LogP contribution in [0.1, 0.15) is 132 Å². The van der Waals surface area contributed by atoms with Gasteiger partial charge < -0.3 is 15.4 Å². The van der Waals surface area contributed by atoms with Crippen LogP contribution in [-0.4, -0.2) is 24.8 Å². The predicted molar refractivity (Wildman–Crippen MR) is 145 cm³/mol. The number of Topliss-reactive ketones (excluding diaryl/α,β-unsaturated/α-hetero) is 1. The van der Waals surface area contributed by atoms with Gasteiger partial charge in [0.05, 0.1) is 0 Å². The summed E-state index contributed by atoms with van der Waals surface area (Å²) in [6.45, 7) is 25.3. The molecule has 0 aromatic heterocycles. The summed E-state index contributed by atoms with van der Waals surface area (Å²) in [4.78, 5) is 22.6. The lowest BCUT2D eigenvalue weighted by molar-refractivity contribution is -0.121. The zero-order valence-electron chi connectivity index (χ0n) is 23.1. The van der Waals surface area contributed by atoms with Crippen LogP contribution in [0.15, 0.2) is 24.4 Å². The van der Waals surface area contributed by atoms with Crippen molar-refractivity contribution < 1.29 is 9.59 Å². The topological polar surface area (TPSA) is 58.2 Å². The summed E-state index contributed by atoms with van der Waals surface area (Å²) in [6, 6.07) is 0. The lowest BCUT2D eigenvalue weighted by atomic mass is 10.1. The number of hydrogen-bond donors (Lipinski definition) is 2. The molecule has 0 heterocycles. The van der Waals surface area contributed by atoms with Gasteiger partial charge in [-0.2, -0.15) is 0 Å². The minimum Gasteiger partial charge on any atom is -0.389 e. The van der Waals surface area contributed by atoms with E-state index < -0.39 is 0 Å². The van der Waals surface area contributed by atoms with E-state index in [1.165, 1.54) is 5.57 Å². The molecule has 32 heavy (non-hydrogen) atoms.